The van der Waals surface area contributed by atoms with Crippen molar-refractivity contribution in [2.24, 2.45) is 17.4 Å². The zero-order valence-electron chi connectivity index (χ0n) is 14.2. The molecule has 2 aromatic rings. The lowest BCUT2D eigenvalue weighted by molar-refractivity contribution is -0.0822. The Morgan fingerprint density at radius 3 is 1.68 bits per heavy atom. The van der Waals surface area contributed by atoms with E-state index in [0.29, 0.717) is 17.9 Å². The molecule has 0 spiro atoms. The van der Waals surface area contributed by atoms with Crippen LogP contribution < -0.4 is 20.9 Å². The van der Waals surface area contributed by atoms with Crippen molar-refractivity contribution >= 4 is 11.7 Å². The first-order chi connectivity index (χ1) is 12.0. The average Bonchev–Trinajstić information content (AvgIpc) is 2.60. The second kappa shape index (κ2) is 8.19. The highest BCUT2D eigenvalue weighted by molar-refractivity contribution is 5.93. The molecule has 0 radical (unpaired) electrons. The molecule has 0 fully saturated rings. The molecule has 0 heterocycles. The quantitative estimate of drug-likeness (QED) is 0.318. The molecular weight excluding hydrogens is 316 g/mol. The number of hydrogen-bond donors (Lipinski definition) is 4. The maximum Gasteiger partial charge on any atom is 0.319 e. The molecule has 132 valence electrons. The fourth-order valence-corrected chi connectivity index (χ4v) is 2.63. The number of ether oxygens (including phenoxy) is 2. The summed E-state index contributed by atoms with van der Waals surface area (Å²) in [4.78, 5) is 0. The molecule has 0 saturated heterocycles. The van der Waals surface area contributed by atoms with Crippen LogP contribution in [0.2, 0.25) is 0 Å². The summed E-state index contributed by atoms with van der Waals surface area (Å²) >= 11 is 0. The van der Waals surface area contributed by atoms with Gasteiger partial charge < -0.3 is 20.9 Å². The molecule has 2 rings (SSSR count). The van der Waals surface area contributed by atoms with Crippen molar-refractivity contribution in [3.63, 3.8) is 0 Å². The van der Waals surface area contributed by atoms with Crippen LogP contribution >= 0.6 is 0 Å². The van der Waals surface area contributed by atoms with Gasteiger partial charge in [-0.15, -0.1) is 0 Å². The van der Waals surface area contributed by atoms with Gasteiger partial charge in [0.05, 0.1) is 0 Å². The van der Waals surface area contributed by atoms with Gasteiger partial charge in [0.15, 0.2) is 5.84 Å². The zero-order valence-corrected chi connectivity index (χ0v) is 14.2. The van der Waals surface area contributed by atoms with E-state index in [4.69, 9.17) is 31.8 Å². The third-order valence-electron chi connectivity index (χ3n) is 3.81. The van der Waals surface area contributed by atoms with Crippen molar-refractivity contribution in [1.29, 1.82) is 10.8 Å². The Hall–Kier alpha value is -3.02. The number of hydrogen-bond acceptors (Lipinski definition) is 4. The van der Waals surface area contributed by atoms with Crippen LogP contribution in [0.1, 0.15) is 19.8 Å². The second-order valence-electron chi connectivity index (χ2n) is 5.71. The van der Waals surface area contributed by atoms with E-state index in [1.165, 1.54) is 0 Å². The van der Waals surface area contributed by atoms with Crippen LogP contribution in [-0.4, -0.2) is 17.5 Å². The van der Waals surface area contributed by atoms with E-state index < -0.39 is 11.7 Å². The number of nitrogens with two attached hydrogens (primary N) is 2. The van der Waals surface area contributed by atoms with Gasteiger partial charge >= 0.3 is 5.79 Å². The number of para-hydroxylation sites is 2. The molecule has 0 aliphatic carbocycles. The van der Waals surface area contributed by atoms with E-state index >= 15 is 0 Å². The summed E-state index contributed by atoms with van der Waals surface area (Å²) in [7, 11) is 0. The lowest BCUT2D eigenvalue weighted by Gasteiger charge is -2.39. The Morgan fingerprint density at radius 2 is 1.36 bits per heavy atom. The van der Waals surface area contributed by atoms with E-state index in [-0.39, 0.29) is 11.7 Å². The van der Waals surface area contributed by atoms with Crippen molar-refractivity contribution in [3.05, 3.63) is 60.7 Å². The average molecular weight is 340 g/mol. The van der Waals surface area contributed by atoms with Crippen molar-refractivity contribution in [1.82, 2.24) is 0 Å². The smallest absolute Gasteiger partial charge is 0.319 e. The molecular formula is C19H24N4O2. The fraction of sp³-hybridized carbons (Fsp3) is 0.263. The monoisotopic (exact) mass is 340 g/mol. The predicted molar refractivity (Wildman–Crippen MR) is 99.1 cm³/mol. The highest BCUT2D eigenvalue weighted by atomic mass is 16.7. The minimum Gasteiger partial charge on any atom is -0.445 e. The topological polar surface area (TPSA) is 118 Å². The molecule has 6 heteroatoms. The number of amidine groups is 2. The van der Waals surface area contributed by atoms with E-state index in [2.05, 4.69) is 0 Å². The summed E-state index contributed by atoms with van der Waals surface area (Å²) in [6.07, 6.45) is 1.23. The van der Waals surface area contributed by atoms with Gasteiger partial charge in [0.25, 0.3) is 0 Å². The minimum absolute atomic E-state index is 0.135. The maximum atomic E-state index is 8.18. The molecule has 1 unspecified atom stereocenters. The van der Waals surface area contributed by atoms with E-state index in [1.807, 2.05) is 43.3 Å². The molecule has 0 saturated carbocycles. The molecule has 0 aliphatic rings. The summed E-state index contributed by atoms with van der Waals surface area (Å²) < 4.78 is 12.1. The van der Waals surface area contributed by atoms with Gasteiger partial charge in [-0.2, -0.15) is 0 Å². The third-order valence-corrected chi connectivity index (χ3v) is 3.81. The Labute approximate surface area is 147 Å². The number of rotatable bonds is 9. The fourth-order valence-electron chi connectivity index (χ4n) is 2.63. The molecule has 0 aromatic heterocycles. The molecule has 0 amide bonds. The van der Waals surface area contributed by atoms with E-state index in [0.717, 1.165) is 6.42 Å². The van der Waals surface area contributed by atoms with Gasteiger partial charge in [-0.05, 0) is 30.7 Å². The SMILES string of the molecule is CCCC(C(=N)N)C(Oc1ccccc1)(Oc1ccccc1)C(=N)N. The predicted octanol–water partition coefficient (Wildman–Crippen LogP) is 3.13. The summed E-state index contributed by atoms with van der Waals surface area (Å²) in [5.74, 6) is -1.90. The first kappa shape index (κ1) is 18.3. The van der Waals surface area contributed by atoms with Crippen molar-refractivity contribution < 1.29 is 9.47 Å². The lowest BCUT2D eigenvalue weighted by atomic mass is 9.91. The molecule has 25 heavy (non-hydrogen) atoms. The third kappa shape index (κ3) is 4.29. The Bertz CT molecular complexity index is 662. The highest BCUT2D eigenvalue weighted by Gasteiger charge is 2.49. The van der Waals surface area contributed by atoms with Gasteiger partial charge in [-0.1, -0.05) is 49.7 Å². The van der Waals surface area contributed by atoms with Crippen LogP contribution in [0.3, 0.4) is 0 Å². The summed E-state index contributed by atoms with van der Waals surface area (Å²) in [6, 6.07) is 17.9. The van der Waals surface area contributed by atoms with E-state index in [1.54, 1.807) is 24.3 Å². The van der Waals surface area contributed by atoms with Gasteiger partial charge in [-0.25, -0.2) is 0 Å². The van der Waals surface area contributed by atoms with Gasteiger partial charge in [0, 0.05) is 0 Å². The normalized spacial score (nSPS) is 12.2. The van der Waals surface area contributed by atoms with E-state index in [9.17, 15) is 0 Å². The first-order valence-electron chi connectivity index (χ1n) is 8.16. The second-order valence-corrected chi connectivity index (χ2v) is 5.71. The van der Waals surface area contributed by atoms with Gasteiger partial charge in [0.1, 0.15) is 23.3 Å². The first-order valence-corrected chi connectivity index (χ1v) is 8.16. The number of benzene rings is 2. The molecule has 6 nitrogen and oxygen atoms in total. The largest absolute Gasteiger partial charge is 0.445 e. The molecule has 6 N–H and O–H groups in total. The molecule has 0 aliphatic heterocycles. The standard InChI is InChI=1S/C19H24N4O2/c1-2-9-16(17(20)21)19(18(22)23,24-14-10-5-3-6-11-14)25-15-12-7-4-8-13-15/h3-8,10-13,16H,2,9H2,1H3,(H3,20,21)(H3,22,23). The summed E-state index contributed by atoms with van der Waals surface area (Å²) in [6.45, 7) is 1.96. The highest BCUT2D eigenvalue weighted by Crippen LogP contribution is 2.32. The Kier molecular flexibility index (Phi) is 6.00. The van der Waals surface area contributed by atoms with Gasteiger partial charge in [0.2, 0.25) is 0 Å². The van der Waals surface area contributed by atoms with Crippen LogP contribution in [0.4, 0.5) is 0 Å². The van der Waals surface area contributed by atoms with Crippen molar-refractivity contribution in [2.45, 2.75) is 25.6 Å². The molecule has 1 atom stereocenters. The number of nitrogens with one attached hydrogen (secondary N) is 2. The Balaban J connectivity index is 2.52. The molecule has 2 aromatic carbocycles. The van der Waals surface area contributed by atoms with Gasteiger partial charge in [-0.3, -0.25) is 10.8 Å². The van der Waals surface area contributed by atoms with Crippen LogP contribution in [0.15, 0.2) is 60.7 Å². The maximum absolute atomic E-state index is 8.18. The van der Waals surface area contributed by atoms with Crippen LogP contribution in [0.5, 0.6) is 11.5 Å². The van der Waals surface area contributed by atoms with Crippen LogP contribution in [0, 0.1) is 16.7 Å². The summed E-state index contributed by atoms with van der Waals surface area (Å²) in [5, 5.41) is 16.2. The Morgan fingerprint density at radius 1 is 0.920 bits per heavy atom. The van der Waals surface area contributed by atoms with Crippen LogP contribution in [-0.2, 0) is 0 Å². The lowest BCUT2D eigenvalue weighted by Crippen LogP contribution is -2.61. The summed E-state index contributed by atoms with van der Waals surface area (Å²) in [5.41, 5.74) is 11.7. The van der Waals surface area contributed by atoms with Crippen molar-refractivity contribution in [2.75, 3.05) is 0 Å². The zero-order chi connectivity index (χ0) is 18.3. The van der Waals surface area contributed by atoms with Crippen molar-refractivity contribution in [3.8, 4) is 11.5 Å². The molecule has 0 bridgehead atoms. The minimum atomic E-state index is -1.69. The van der Waals surface area contributed by atoms with Crippen LogP contribution in [0.25, 0.3) is 0 Å².